The monoisotopic (exact) mass is 315 g/mol. The van der Waals surface area contributed by atoms with Crippen LogP contribution in [0, 0.1) is 0 Å². The molecule has 3 aromatic heterocycles. The van der Waals surface area contributed by atoms with Crippen LogP contribution in [-0.4, -0.2) is 35.0 Å². The summed E-state index contributed by atoms with van der Waals surface area (Å²) in [5.41, 5.74) is 1.98. The number of aromatic nitrogens is 7. The highest BCUT2D eigenvalue weighted by molar-refractivity contribution is 5.44. The topological polar surface area (TPSA) is 104 Å². The highest BCUT2D eigenvalue weighted by atomic mass is 16.5. The van der Waals surface area contributed by atoms with E-state index in [1.54, 1.807) is 25.4 Å². The van der Waals surface area contributed by atoms with Gasteiger partial charge in [0.25, 0.3) is 0 Å². The summed E-state index contributed by atoms with van der Waals surface area (Å²) in [6.45, 7) is 0.190. The molecule has 0 atom stereocenters. The van der Waals surface area contributed by atoms with E-state index in [1.165, 1.54) is 15.6 Å². The Morgan fingerprint density at radius 1 is 1.43 bits per heavy atom. The van der Waals surface area contributed by atoms with E-state index in [-0.39, 0.29) is 12.3 Å². The molecule has 1 aliphatic carbocycles. The van der Waals surface area contributed by atoms with Crippen LogP contribution < -0.4 is 10.4 Å². The summed E-state index contributed by atoms with van der Waals surface area (Å²) in [5, 5.41) is 12.5. The number of nitrogens with zero attached hydrogens (tertiary/aromatic N) is 6. The lowest BCUT2D eigenvalue weighted by atomic mass is 10.1. The molecule has 1 aliphatic rings. The van der Waals surface area contributed by atoms with Crippen molar-refractivity contribution in [3.63, 3.8) is 0 Å². The van der Waals surface area contributed by atoms with Gasteiger partial charge in [0.1, 0.15) is 6.61 Å². The van der Waals surface area contributed by atoms with Gasteiger partial charge < -0.3 is 4.74 Å². The first-order chi connectivity index (χ1) is 11.6. The molecule has 0 aromatic carbocycles. The molecule has 0 unspecified atom stereocenters. The van der Waals surface area contributed by atoms with Gasteiger partial charge in [-0.2, -0.15) is 9.36 Å². The molecule has 23 heavy (non-hydrogen) atoms. The standard InChI is InChI=1S/C14H15N7O2/c1-20-14(22)21(19-18-20)11-4-6-15-13(9-2-3-9)10(11)8-23-12-5-7-16-17-12/h4-7,9H,2-3,8H2,1H3,(H,16,17)/i/hT. The first-order valence-electron chi connectivity index (χ1n) is 7.73. The second-order valence-corrected chi connectivity index (χ2v) is 5.42. The molecular weight excluding hydrogens is 298 g/mol. The largest absolute Gasteiger partial charge is 0.472 e. The van der Waals surface area contributed by atoms with Crippen molar-refractivity contribution >= 4 is 0 Å². The zero-order valence-corrected chi connectivity index (χ0v) is 12.5. The van der Waals surface area contributed by atoms with Crippen LogP contribution in [0.2, 0.25) is 1.41 Å². The summed E-state index contributed by atoms with van der Waals surface area (Å²) >= 11 is 0. The molecule has 0 saturated heterocycles. The van der Waals surface area contributed by atoms with Gasteiger partial charge in [0.05, 0.1) is 11.4 Å². The van der Waals surface area contributed by atoms with E-state index >= 15 is 0 Å². The number of aromatic amines is 1. The Labute approximate surface area is 132 Å². The van der Waals surface area contributed by atoms with Crippen molar-refractivity contribution in [1.29, 1.82) is 0 Å². The van der Waals surface area contributed by atoms with E-state index in [1.807, 2.05) is 0 Å². The average Bonchev–Trinajstić information content (AvgIpc) is 3.27. The van der Waals surface area contributed by atoms with E-state index in [0.29, 0.717) is 17.5 Å². The first-order valence-corrected chi connectivity index (χ1v) is 7.28. The van der Waals surface area contributed by atoms with E-state index in [9.17, 15) is 4.79 Å². The summed E-state index contributed by atoms with van der Waals surface area (Å²) in [4.78, 5) is 16.7. The van der Waals surface area contributed by atoms with Crippen LogP contribution in [-0.2, 0) is 13.7 Å². The number of rotatable bonds is 5. The van der Waals surface area contributed by atoms with Crippen molar-refractivity contribution in [2.45, 2.75) is 25.4 Å². The first kappa shape index (κ1) is 12.6. The Bertz CT molecular complexity index is 941. The van der Waals surface area contributed by atoms with E-state index < -0.39 is 0 Å². The van der Waals surface area contributed by atoms with Gasteiger partial charge in [-0.3, -0.25) is 10.1 Å². The Balaban J connectivity index is 1.74. The van der Waals surface area contributed by atoms with Crippen molar-refractivity contribution in [3.8, 4) is 11.6 Å². The Hall–Kier alpha value is -2.97. The maximum Gasteiger partial charge on any atom is 0.368 e. The number of tetrazole rings is 1. The zero-order valence-electron chi connectivity index (χ0n) is 13.5. The van der Waals surface area contributed by atoms with Crippen LogP contribution in [0.1, 0.15) is 30.0 Å². The Morgan fingerprint density at radius 2 is 2.30 bits per heavy atom. The molecule has 1 N–H and O–H groups in total. The van der Waals surface area contributed by atoms with Gasteiger partial charge in [-0.05, 0) is 29.3 Å². The van der Waals surface area contributed by atoms with Crippen LogP contribution >= 0.6 is 0 Å². The van der Waals surface area contributed by atoms with Crippen molar-refractivity contribution in [2.24, 2.45) is 7.05 Å². The lowest BCUT2D eigenvalue weighted by Gasteiger charge is -2.12. The molecular formula is C14H15N7O2. The van der Waals surface area contributed by atoms with E-state index in [0.717, 1.165) is 29.2 Å². The minimum atomic E-state index is -0.334. The van der Waals surface area contributed by atoms with E-state index in [2.05, 4.69) is 20.5 Å². The summed E-state index contributed by atoms with van der Waals surface area (Å²) in [6.07, 6.45) is 5.29. The molecule has 1 fully saturated rings. The predicted molar refractivity (Wildman–Crippen MR) is 79.3 cm³/mol. The molecule has 9 heteroatoms. The number of hydrogen-bond donors (Lipinski definition) is 1. The smallest absolute Gasteiger partial charge is 0.368 e. The minimum absolute atomic E-state index is 0.190. The molecule has 3 heterocycles. The van der Waals surface area contributed by atoms with Crippen LogP contribution in [0.15, 0.2) is 29.3 Å². The number of aryl methyl sites for hydroxylation is 1. The average molecular weight is 315 g/mol. The number of ether oxygens (including phenoxy) is 1. The zero-order chi connectivity index (χ0) is 16.7. The van der Waals surface area contributed by atoms with Crippen molar-refractivity contribution in [3.05, 3.63) is 46.3 Å². The maximum atomic E-state index is 12.2. The summed E-state index contributed by atoms with van der Waals surface area (Å²) < 4.78 is 15.5. The summed E-state index contributed by atoms with van der Waals surface area (Å²) in [5.74, 6) is 0.720. The number of H-pyrrole nitrogens is 1. The van der Waals surface area contributed by atoms with Gasteiger partial charge in [-0.1, -0.05) is 0 Å². The third-order valence-electron chi connectivity index (χ3n) is 3.78. The van der Waals surface area contributed by atoms with Crippen LogP contribution in [0.5, 0.6) is 5.88 Å². The lowest BCUT2D eigenvalue weighted by Crippen LogP contribution is -2.23. The molecule has 0 amide bonds. The summed E-state index contributed by atoms with van der Waals surface area (Å²) in [7, 11) is 1.55. The Morgan fingerprint density at radius 3 is 2.96 bits per heavy atom. The lowest BCUT2D eigenvalue weighted by molar-refractivity contribution is 0.291. The highest BCUT2D eigenvalue weighted by Gasteiger charge is 2.29. The van der Waals surface area contributed by atoms with Gasteiger partial charge >= 0.3 is 5.69 Å². The fourth-order valence-corrected chi connectivity index (χ4v) is 2.46. The Kier molecular flexibility index (Phi) is 2.92. The van der Waals surface area contributed by atoms with Gasteiger partial charge in [-0.15, -0.1) is 5.10 Å². The molecule has 0 radical (unpaired) electrons. The van der Waals surface area contributed by atoms with Gasteiger partial charge in [-0.25, -0.2) is 4.79 Å². The maximum absolute atomic E-state index is 12.2. The third kappa shape index (κ3) is 2.50. The van der Waals surface area contributed by atoms with E-state index in [4.69, 9.17) is 6.15 Å². The van der Waals surface area contributed by atoms with Crippen LogP contribution in [0.4, 0.5) is 0 Å². The van der Waals surface area contributed by atoms with Gasteiger partial charge in [0, 0.05) is 37.0 Å². The van der Waals surface area contributed by atoms with Crippen LogP contribution in [0.25, 0.3) is 5.69 Å². The molecule has 0 aliphatic heterocycles. The third-order valence-corrected chi connectivity index (χ3v) is 3.78. The normalized spacial score (nSPS) is 14.7. The van der Waals surface area contributed by atoms with Crippen molar-refractivity contribution in [1.82, 2.24) is 35.0 Å². The number of hydrogen-bond acceptors (Lipinski definition) is 6. The van der Waals surface area contributed by atoms with Gasteiger partial charge in [0.15, 0.2) is 1.41 Å². The highest BCUT2D eigenvalue weighted by Crippen LogP contribution is 2.41. The molecule has 118 valence electrons. The molecule has 0 bridgehead atoms. The van der Waals surface area contributed by atoms with Gasteiger partial charge in [0.2, 0.25) is 5.88 Å². The second-order valence-electron chi connectivity index (χ2n) is 5.42. The number of nitrogens with one attached hydrogen (secondary N) is 1. The minimum Gasteiger partial charge on any atom is -0.472 e. The SMILES string of the molecule is [3H]n1ccc(OCc2c(-n3nnn(C)c3=O)ccnc2C2CC2)n1. The fraction of sp³-hybridized carbons (Fsp3) is 0.357. The molecule has 1 saturated carbocycles. The van der Waals surface area contributed by atoms with Crippen molar-refractivity contribution < 1.29 is 6.15 Å². The second kappa shape index (κ2) is 5.34. The molecule has 3 aromatic rings. The predicted octanol–water partition coefficient (Wildman–Crippen LogP) is 0.540. The molecule has 9 nitrogen and oxygen atoms in total. The summed E-state index contributed by atoms with van der Waals surface area (Å²) in [6, 6.07) is 3.33. The molecule has 4 rings (SSSR count). The fourth-order valence-electron chi connectivity index (χ4n) is 2.46. The quantitative estimate of drug-likeness (QED) is 0.737. The number of pyridine rings is 1. The molecule has 0 spiro atoms. The van der Waals surface area contributed by atoms with Crippen molar-refractivity contribution in [2.75, 3.05) is 0 Å². The van der Waals surface area contributed by atoms with Crippen LogP contribution in [0.3, 0.4) is 0 Å².